The van der Waals surface area contributed by atoms with Crippen molar-refractivity contribution in [1.29, 1.82) is 0 Å². The van der Waals surface area contributed by atoms with Gasteiger partial charge in [0.1, 0.15) is 11.6 Å². The Kier molecular flexibility index (Phi) is 4.83. The molecule has 0 aromatic rings. The van der Waals surface area contributed by atoms with Crippen molar-refractivity contribution in [2.24, 2.45) is 0 Å². The fourth-order valence-electron chi connectivity index (χ4n) is 3.21. The molecule has 2 unspecified atom stereocenters. The van der Waals surface area contributed by atoms with E-state index in [1.54, 1.807) is 18.1 Å². The quantitative estimate of drug-likeness (QED) is 0.835. The molecule has 1 aliphatic carbocycles. The van der Waals surface area contributed by atoms with Crippen molar-refractivity contribution in [2.45, 2.75) is 57.0 Å². The smallest absolute Gasteiger partial charge is 0.248 e. The summed E-state index contributed by atoms with van der Waals surface area (Å²) in [6, 6.07) is -0.416. The summed E-state index contributed by atoms with van der Waals surface area (Å²) in [6.07, 6.45) is 6.97. The molecule has 1 aliphatic heterocycles. The number of amides is 2. The molecule has 2 amide bonds. The van der Waals surface area contributed by atoms with Crippen LogP contribution in [0.5, 0.6) is 0 Å². The molecule has 0 aromatic heterocycles. The Morgan fingerprint density at radius 1 is 1.30 bits per heavy atom. The molecule has 20 heavy (non-hydrogen) atoms. The molecule has 1 N–H and O–H groups in total. The second-order valence-corrected chi connectivity index (χ2v) is 7.49. The van der Waals surface area contributed by atoms with Crippen LogP contribution in [0.1, 0.15) is 45.4 Å². The Hall–Kier alpha value is -0.910. The molecular formula is C14H24N2O3S. The molecule has 1 saturated carbocycles. The highest BCUT2D eigenvalue weighted by atomic mass is 32.2. The van der Waals surface area contributed by atoms with Crippen molar-refractivity contribution in [3.05, 3.63) is 0 Å². The van der Waals surface area contributed by atoms with Crippen molar-refractivity contribution in [1.82, 2.24) is 10.2 Å². The van der Waals surface area contributed by atoms with Gasteiger partial charge in [0.2, 0.25) is 11.8 Å². The van der Waals surface area contributed by atoms with Crippen molar-refractivity contribution in [3.8, 4) is 0 Å². The first-order chi connectivity index (χ1) is 9.46. The van der Waals surface area contributed by atoms with Gasteiger partial charge in [-0.15, -0.1) is 0 Å². The maximum absolute atomic E-state index is 12.8. The first-order valence-electron chi connectivity index (χ1n) is 7.39. The van der Waals surface area contributed by atoms with Gasteiger partial charge in [0.25, 0.3) is 0 Å². The number of hydrogen-bond acceptors (Lipinski definition) is 3. The van der Waals surface area contributed by atoms with Crippen LogP contribution in [0.4, 0.5) is 0 Å². The van der Waals surface area contributed by atoms with E-state index in [1.807, 2.05) is 0 Å². The van der Waals surface area contributed by atoms with E-state index in [9.17, 15) is 13.8 Å². The zero-order chi connectivity index (χ0) is 14.8. The van der Waals surface area contributed by atoms with E-state index in [0.29, 0.717) is 18.7 Å². The van der Waals surface area contributed by atoms with Gasteiger partial charge in [0.05, 0.1) is 0 Å². The van der Waals surface area contributed by atoms with E-state index >= 15 is 0 Å². The third-order valence-electron chi connectivity index (χ3n) is 4.42. The summed E-state index contributed by atoms with van der Waals surface area (Å²) in [6.45, 7) is 2.29. The van der Waals surface area contributed by atoms with Gasteiger partial charge in [-0.05, 0) is 26.2 Å². The van der Waals surface area contributed by atoms with Crippen LogP contribution in [0.15, 0.2) is 0 Å². The molecule has 0 bridgehead atoms. The predicted octanol–water partition coefficient (Wildman–Crippen LogP) is 0.805. The van der Waals surface area contributed by atoms with E-state index in [2.05, 4.69) is 5.32 Å². The van der Waals surface area contributed by atoms with E-state index in [4.69, 9.17) is 0 Å². The lowest BCUT2D eigenvalue weighted by atomic mass is 9.78. The molecule has 114 valence electrons. The fourth-order valence-corrected chi connectivity index (χ4v) is 3.75. The summed E-state index contributed by atoms with van der Waals surface area (Å²) in [5.41, 5.74) is -0.660. The van der Waals surface area contributed by atoms with Crippen LogP contribution in [-0.4, -0.2) is 51.1 Å². The van der Waals surface area contributed by atoms with Crippen LogP contribution < -0.4 is 5.32 Å². The second-order valence-electron chi connectivity index (χ2n) is 5.94. The van der Waals surface area contributed by atoms with Crippen molar-refractivity contribution < 1.29 is 13.8 Å². The highest BCUT2D eigenvalue weighted by Gasteiger charge is 2.49. The van der Waals surface area contributed by atoms with Gasteiger partial charge in [-0.1, -0.05) is 19.3 Å². The molecule has 0 aromatic carbocycles. The number of nitrogens with one attached hydrogen (secondary N) is 1. The number of rotatable bonds is 4. The van der Waals surface area contributed by atoms with Gasteiger partial charge >= 0.3 is 0 Å². The first-order valence-corrected chi connectivity index (χ1v) is 9.12. The zero-order valence-electron chi connectivity index (χ0n) is 12.3. The normalized spacial score (nSPS) is 27.5. The summed E-state index contributed by atoms with van der Waals surface area (Å²) < 4.78 is 11.1. The van der Waals surface area contributed by atoms with E-state index in [-0.39, 0.29) is 11.8 Å². The number of hydrogen-bond donors (Lipinski definition) is 1. The van der Waals surface area contributed by atoms with Crippen molar-refractivity contribution in [2.75, 3.05) is 18.6 Å². The molecule has 2 rings (SSSR count). The second kappa shape index (κ2) is 6.24. The fraction of sp³-hybridized carbons (Fsp3) is 0.857. The van der Waals surface area contributed by atoms with Gasteiger partial charge in [-0.2, -0.15) is 0 Å². The summed E-state index contributed by atoms with van der Waals surface area (Å²) in [5, 5.41) is 2.97. The Labute approximate surface area is 122 Å². The van der Waals surface area contributed by atoms with Gasteiger partial charge in [-0.25, -0.2) is 0 Å². The average molecular weight is 300 g/mol. The minimum Gasteiger partial charge on any atom is -0.340 e. The average Bonchev–Trinajstić information content (AvgIpc) is 2.41. The molecule has 2 aliphatic rings. The summed E-state index contributed by atoms with van der Waals surface area (Å²) in [5.74, 6) is 0.584. The maximum atomic E-state index is 12.8. The highest BCUT2D eigenvalue weighted by Crippen LogP contribution is 2.33. The van der Waals surface area contributed by atoms with Crippen molar-refractivity contribution >= 4 is 22.6 Å². The lowest BCUT2D eigenvalue weighted by Crippen LogP contribution is -2.70. The largest absolute Gasteiger partial charge is 0.340 e. The van der Waals surface area contributed by atoms with Crippen LogP contribution in [-0.2, 0) is 20.4 Å². The van der Waals surface area contributed by atoms with Crippen LogP contribution in [0.3, 0.4) is 0 Å². The monoisotopic (exact) mass is 300 g/mol. The summed E-state index contributed by atoms with van der Waals surface area (Å²) >= 11 is 0. The Bertz CT molecular complexity index is 419. The Morgan fingerprint density at radius 3 is 2.55 bits per heavy atom. The molecular weight excluding hydrogens is 276 g/mol. The molecule has 0 radical (unpaired) electrons. The van der Waals surface area contributed by atoms with E-state index in [0.717, 1.165) is 32.1 Å². The lowest BCUT2D eigenvalue weighted by molar-refractivity contribution is -0.155. The predicted molar refractivity (Wildman–Crippen MR) is 78.7 cm³/mol. The molecule has 1 saturated heterocycles. The SMILES string of the molecule is CC1C(=O)NC2(CCCCC2)C(=O)N1CCCS(C)=O. The third-order valence-corrected chi connectivity index (χ3v) is 5.28. The topological polar surface area (TPSA) is 66.5 Å². The van der Waals surface area contributed by atoms with E-state index in [1.165, 1.54) is 0 Å². The highest BCUT2D eigenvalue weighted by molar-refractivity contribution is 7.84. The molecule has 2 atom stereocenters. The minimum atomic E-state index is -0.853. The molecule has 2 fully saturated rings. The number of piperazine rings is 1. The first kappa shape index (κ1) is 15.5. The van der Waals surface area contributed by atoms with Crippen molar-refractivity contribution in [3.63, 3.8) is 0 Å². The maximum Gasteiger partial charge on any atom is 0.248 e. The summed E-state index contributed by atoms with van der Waals surface area (Å²) in [7, 11) is -0.853. The third kappa shape index (κ3) is 3.05. The zero-order valence-corrected chi connectivity index (χ0v) is 13.1. The molecule has 1 spiro atoms. The van der Waals surface area contributed by atoms with Gasteiger partial charge < -0.3 is 10.2 Å². The summed E-state index contributed by atoms with van der Waals surface area (Å²) in [4.78, 5) is 26.6. The van der Waals surface area contributed by atoms with Crippen LogP contribution in [0.25, 0.3) is 0 Å². The molecule has 1 heterocycles. The number of nitrogens with zero attached hydrogens (tertiary/aromatic N) is 1. The van der Waals surface area contributed by atoms with E-state index < -0.39 is 22.4 Å². The van der Waals surface area contributed by atoms with Crippen LogP contribution >= 0.6 is 0 Å². The van der Waals surface area contributed by atoms with Gasteiger partial charge in [0.15, 0.2) is 0 Å². The van der Waals surface area contributed by atoms with Gasteiger partial charge in [-0.3, -0.25) is 13.8 Å². The van der Waals surface area contributed by atoms with Crippen LogP contribution in [0.2, 0.25) is 0 Å². The van der Waals surface area contributed by atoms with Crippen LogP contribution in [0, 0.1) is 0 Å². The minimum absolute atomic E-state index is 0.0517. The molecule has 5 nitrogen and oxygen atoms in total. The lowest BCUT2D eigenvalue weighted by Gasteiger charge is -2.46. The van der Waals surface area contributed by atoms with Gasteiger partial charge in [0, 0.05) is 29.4 Å². The number of carbonyl (C=O) groups excluding carboxylic acids is 2. The molecule has 6 heteroatoms. The Morgan fingerprint density at radius 2 is 1.95 bits per heavy atom. The Balaban J connectivity index is 2.09. The number of carbonyl (C=O) groups is 2. The standard InChI is InChI=1S/C14H24N2O3S/c1-11-12(17)15-14(7-4-3-5-8-14)13(18)16(11)9-6-10-20(2)19/h11H,3-10H2,1-2H3,(H,15,17).